The zero-order valence-corrected chi connectivity index (χ0v) is 7.38. The molecule has 2 aromatic rings. The predicted octanol–water partition coefficient (Wildman–Crippen LogP) is 0.245. The molecule has 0 aliphatic carbocycles. The van der Waals surface area contributed by atoms with Crippen molar-refractivity contribution >= 4 is 30.8 Å². The molecule has 0 amide bonds. The molecule has 2 aromatic heterocycles. The van der Waals surface area contributed by atoms with Gasteiger partial charge in [0.2, 0.25) is 0 Å². The summed E-state index contributed by atoms with van der Waals surface area (Å²) in [5, 5.41) is 0.861. The van der Waals surface area contributed by atoms with Crippen LogP contribution in [0, 0.1) is 0 Å². The second-order valence-corrected chi connectivity index (χ2v) is 3.13. The lowest BCUT2D eigenvalue weighted by atomic mass is 10.1. The Balaban J connectivity index is 2.80. The number of rotatable bonds is 1. The first-order valence-corrected chi connectivity index (χ1v) is 4.67. The first-order chi connectivity index (χ1) is 5.81. The van der Waals surface area contributed by atoms with Crippen molar-refractivity contribution in [1.29, 1.82) is 0 Å². The van der Waals surface area contributed by atoms with E-state index in [1.54, 1.807) is 24.2 Å². The van der Waals surface area contributed by atoms with Gasteiger partial charge in [-0.1, -0.05) is 0 Å². The number of thioether (sulfide) groups is 1. The maximum Gasteiger partial charge on any atom is 0.169 e. The fraction of sp³-hybridized carbons (Fsp3) is 0.143. The Bertz CT molecular complexity index is 412. The molecule has 0 saturated carbocycles. The Morgan fingerprint density at radius 3 is 3.17 bits per heavy atom. The molecule has 12 heavy (non-hydrogen) atoms. The molecule has 0 bridgehead atoms. The number of fused-ring (bicyclic) bond motifs is 1. The molecule has 0 aliphatic heterocycles. The molecule has 0 spiro atoms. The van der Waals surface area contributed by atoms with E-state index in [2.05, 4.69) is 9.97 Å². The summed E-state index contributed by atoms with van der Waals surface area (Å²) in [6, 6.07) is 0. The molecule has 0 fully saturated rings. The van der Waals surface area contributed by atoms with Crippen LogP contribution in [0.5, 0.6) is 0 Å². The summed E-state index contributed by atoms with van der Waals surface area (Å²) in [5.74, 6) is 0. The first kappa shape index (κ1) is 7.67. The van der Waals surface area contributed by atoms with Crippen LogP contribution in [-0.2, 0) is 0 Å². The van der Waals surface area contributed by atoms with Gasteiger partial charge in [0.1, 0.15) is 12.9 Å². The summed E-state index contributed by atoms with van der Waals surface area (Å²) < 4.78 is 1.87. The quantitative estimate of drug-likeness (QED) is 0.459. The zero-order valence-electron chi connectivity index (χ0n) is 6.56. The fourth-order valence-electron chi connectivity index (χ4n) is 1.06. The van der Waals surface area contributed by atoms with Gasteiger partial charge in [0.25, 0.3) is 0 Å². The highest BCUT2D eigenvalue weighted by atomic mass is 32.2. The van der Waals surface area contributed by atoms with Crippen molar-refractivity contribution < 1.29 is 0 Å². The van der Waals surface area contributed by atoms with Crippen molar-refractivity contribution in [2.24, 2.45) is 0 Å². The van der Waals surface area contributed by atoms with Crippen molar-refractivity contribution in [2.45, 2.75) is 5.03 Å². The highest BCUT2D eigenvalue weighted by Gasteiger charge is 2.02. The molecule has 0 atom stereocenters. The molecule has 5 heteroatoms. The smallest absolute Gasteiger partial charge is 0.169 e. The molecule has 58 valence electrons. The molecule has 2 heterocycles. The molecule has 2 rings (SSSR count). The van der Waals surface area contributed by atoms with Crippen molar-refractivity contribution in [3.05, 3.63) is 18.6 Å². The highest BCUT2D eigenvalue weighted by Crippen LogP contribution is 2.14. The molecule has 2 radical (unpaired) electrons. The van der Waals surface area contributed by atoms with Crippen LogP contribution < -0.4 is 5.59 Å². The average Bonchev–Trinajstić information content (AvgIpc) is 2.50. The van der Waals surface area contributed by atoms with Gasteiger partial charge in [-0.15, -0.1) is 11.8 Å². The molecular formula is C7H6BN3S. The van der Waals surface area contributed by atoms with Crippen LogP contribution in [-0.4, -0.2) is 28.5 Å². The molecule has 0 aliphatic rings. The molecule has 3 nitrogen and oxygen atoms in total. The SMILES string of the molecule is [B]c1cn2ccnc2c(SC)n1. The largest absolute Gasteiger partial charge is 0.304 e. The van der Waals surface area contributed by atoms with E-state index in [-0.39, 0.29) is 0 Å². The first-order valence-electron chi connectivity index (χ1n) is 3.44. The van der Waals surface area contributed by atoms with Gasteiger partial charge in [0, 0.05) is 24.2 Å². The van der Waals surface area contributed by atoms with Gasteiger partial charge in [0.05, 0.1) is 0 Å². The van der Waals surface area contributed by atoms with Crippen LogP contribution in [0.2, 0.25) is 0 Å². The van der Waals surface area contributed by atoms with Crippen molar-refractivity contribution in [3.63, 3.8) is 0 Å². The van der Waals surface area contributed by atoms with E-state index >= 15 is 0 Å². The Morgan fingerprint density at radius 2 is 2.42 bits per heavy atom. The van der Waals surface area contributed by atoms with E-state index in [4.69, 9.17) is 7.85 Å². The Kier molecular flexibility index (Phi) is 1.80. The molecule has 0 unspecified atom stereocenters. The minimum atomic E-state index is 0.518. The molecule has 0 N–H and O–H groups in total. The molecule has 0 saturated heterocycles. The second kappa shape index (κ2) is 2.82. The van der Waals surface area contributed by atoms with Crippen LogP contribution in [0.1, 0.15) is 0 Å². The molecule has 0 aromatic carbocycles. The minimum absolute atomic E-state index is 0.518. The van der Waals surface area contributed by atoms with Gasteiger partial charge in [-0.2, -0.15) is 0 Å². The summed E-state index contributed by atoms with van der Waals surface area (Å²) in [6.07, 6.45) is 7.29. The van der Waals surface area contributed by atoms with Crippen molar-refractivity contribution in [2.75, 3.05) is 6.26 Å². The third kappa shape index (κ3) is 1.10. The Morgan fingerprint density at radius 1 is 1.58 bits per heavy atom. The van der Waals surface area contributed by atoms with Gasteiger partial charge in [-0.25, -0.2) is 4.98 Å². The number of nitrogens with zero attached hydrogens (tertiary/aromatic N) is 3. The van der Waals surface area contributed by atoms with E-state index in [0.717, 1.165) is 10.7 Å². The molecular weight excluding hydrogens is 169 g/mol. The summed E-state index contributed by atoms with van der Waals surface area (Å²) in [7, 11) is 5.59. The fourth-order valence-corrected chi connectivity index (χ4v) is 1.60. The van der Waals surface area contributed by atoms with E-state index < -0.39 is 0 Å². The summed E-state index contributed by atoms with van der Waals surface area (Å²) in [6.45, 7) is 0. The number of imidazole rings is 1. The van der Waals surface area contributed by atoms with Gasteiger partial charge in [-0.3, -0.25) is 4.98 Å². The third-order valence-electron chi connectivity index (χ3n) is 1.56. The van der Waals surface area contributed by atoms with E-state index in [1.807, 2.05) is 16.9 Å². The monoisotopic (exact) mass is 175 g/mol. The predicted molar refractivity (Wildman–Crippen MR) is 50.2 cm³/mol. The van der Waals surface area contributed by atoms with Crippen LogP contribution >= 0.6 is 11.8 Å². The van der Waals surface area contributed by atoms with E-state index in [1.165, 1.54) is 0 Å². The maximum atomic E-state index is 5.59. The summed E-state index contributed by atoms with van der Waals surface area (Å²) in [4.78, 5) is 8.30. The summed E-state index contributed by atoms with van der Waals surface area (Å²) >= 11 is 1.54. The van der Waals surface area contributed by atoms with Gasteiger partial charge in [0.15, 0.2) is 5.65 Å². The topological polar surface area (TPSA) is 30.2 Å². The zero-order chi connectivity index (χ0) is 8.55. The van der Waals surface area contributed by atoms with E-state index in [9.17, 15) is 0 Å². The Hall–Kier alpha value is -0.965. The van der Waals surface area contributed by atoms with Crippen molar-refractivity contribution in [3.8, 4) is 0 Å². The van der Waals surface area contributed by atoms with E-state index in [0.29, 0.717) is 5.59 Å². The minimum Gasteiger partial charge on any atom is -0.304 e. The third-order valence-corrected chi connectivity index (χ3v) is 2.22. The van der Waals surface area contributed by atoms with Gasteiger partial charge < -0.3 is 4.40 Å². The number of hydrogen-bond acceptors (Lipinski definition) is 3. The standard InChI is InChI=1S/C7H6BN3S/c1-12-7-6-9-2-3-11(6)4-5(8)10-7/h2-4H,1H3. The van der Waals surface area contributed by atoms with Crippen LogP contribution in [0.3, 0.4) is 0 Å². The highest BCUT2D eigenvalue weighted by molar-refractivity contribution is 7.98. The van der Waals surface area contributed by atoms with Crippen LogP contribution in [0.25, 0.3) is 5.65 Å². The lowest BCUT2D eigenvalue weighted by molar-refractivity contribution is 1.06. The second-order valence-electron chi connectivity index (χ2n) is 2.33. The van der Waals surface area contributed by atoms with Gasteiger partial charge in [-0.05, 0) is 6.26 Å². The average molecular weight is 175 g/mol. The maximum absolute atomic E-state index is 5.59. The lowest BCUT2D eigenvalue weighted by Gasteiger charge is -2.00. The summed E-state index contributed by atoms with van der Waals surface area (Å²) in [5.41, 5.74) is 1.38. The normalized spacial score (nSPS) is 10.8. The Labute approximate surface area is 75.6 Å². The van der Waals surface area contributed by atoms with Crippen molar-refractivity contribution in [1.82, 2.24) is 14.4 Å². The van der Waals surface area contributed by atoms with Gasteiger partial charge >= 0.3 is 0 Å². The van der Waals surface area contributed by atoms with Crippen LogP contribution in [0.4, 0.5) is 0 Å². The van der Waals surface area contributed by atoms with Crippen LogP contribution in [0.15, 0.2) is 23.6 Å². The number of aromatic nitrogens is 3. The number of hydrogen-bond donors (Lipinski definition) is 0. The lowest BCUT2D eigenvalue weighted by Crippen LogP contribution is -2.11.